The highest BCUT2D eigenvalue weighted by atomic mass is 32.2. The standard InChI is InChI=1S/C42H42N2O12S2/c1-26(2)40(45)54-28(5)39(23-51-31-11-15-33(57-7)16-12-31)55-38-20-10-30(22-36(38)44(49)50)29-9-19-37(35(21-29)43(47)48)53-25-42(6,56-41(46)27(3)4)24-52-32-13-17-34(58-8)18-14-32/h9-22H,1,3,23-25H2,2,4-8H3/b39-28-. The zero-order valence-corrected chi connectivity index (χ0v) is 34.4. The van der Waals surface area contributed by atoms with Crippen LogP contribution in [0.2, 0.25) is 0 Å². The van der Waals surface area contributed by atoms with Crippen molar-refractivity contribution < 1.29 is 47.9 Å². The Balaban J connectivity index is 1.61. The van der Waals surface area contributed by atoms with E-state index in [9.17, 15) is 29.8 Å². The lowest BCUT2D eigenvalue weighted by Gasteiger charge is -2.29. The number of esters is 2. The number of carbonyl (C=O) groups is 2. The molecule has 0 bridgehead atoms. The van der Waals surface area contributed by atoms with E-state index < -0.39 is 38.8 Å². The molecule has 0 saturated carbocycles. The summed E-state index contributed by atoms with van der Waals surface area (Å²) < 4.78 is 34.7. The maximum Gasteiger partial charge on any atom is 0.338 e. The van der Waals surface area contributed by atoms with E-state index >= 15 is 0 Å². The highest BCUT2D eigenvalue weighted by molar-refractivity contribution is 7.98. The molecule has 16 heteroatoms. The minimum absolute atomic E-state index is 0.0137. The molecule has 0 N–H and O–H groups in total. The number of carbonyl (C=O) groups excluding carboxylic acids is 2. The number of nitro groups is 2. The first-order valence-corrected chi connectivity index (χ1v) is 19.8. The Labute approximate surface area is 344 Å². The molecule has 0 aliphatic rings. The van der Waals surface area contributed by atoms with E-state index in [4.69, 9.17) is 28.4 Å². The molecule has 4 rings (SSSR count). The van der Waals surface area contributed by atoms with Gasteiger partial charge in [0.2, 0.25) is 5.75 Å². The van der Waals surface area contributed by atoms with E-state index in [1.54, 1.807) is 54.7 Å². The minimum atomic E-state index is -1.41. The number of thioether (sulfide) groups is 2. The van der Waals surface area contributed by atoms with Gasteiger partial charge in [0.05, 0.1) is 9.85 Å². The average Bonchev–Trinajstić information content (AvgIpc) is 3.20. The maximum atomic E-state index is 12.6. The first-order valence-electron chi connectivity index (χ1n) is 17.4. The van der Waals surface area contributed by atoms with Crippen LogP contribution in [0.5, 0.6) is 23.0 Å². The van der Waals surface area contributed by atoms with Crippen LogP contribution in [0.1, 0.15) is 27.7 Å². The first-order chi connectivity index (χ1) is 27.5. The summed E-state index contributed by atoms with van der Waals surface area (Å²) >= 11 is 3.11. The molecule has 0 aliphatic heterocycles. The van der Waals surface area contributed by atoms with Crippen molar-refractivity contribution in [1.29, 1.82) is 0 Å². The molecular formula is C42H42N2O12S2. The van der Waals surface area contributed by atoms with Crippen molar-refractivity contribution in [2.75, 3.05) is 32.3 Å². The van der Waals surface area contributed by atoms with Gasteiger partial charge < -0.3 is 28.4 Å². The second-order valence-electron chi connectivity index (χ2n) is 13.0. The monoisotopic (exact) mass is 830 g/mol. The fourth-order valence-corrected chi connectivity index (χ4v) is 5.69. The minimum Gasteiger partial charge on any atom is -0.489 e. The topological polar surface area (TPSA) is 176 Å². The van der Waals surface area contributed by atoms with Crippen molar-refractivity contribution in [3.63, 3.8) is 0 Å². The molecule has 4 aromatic rings. The normalized spacial score (nSPS) is 12.2. The summed E-state index contributed by atoms with van der Waals surface area (Å²) in [6.45, 7) is 12.4. The number of ether oxygens (including phenoxy) is 6. The molecule has 0 amide bonds. The predicted octanol–water partition coefficient (Wildman–Crippen LogP) is 9.76. The van der Waals surface area contributed by atoms with Gasteiger partial charge in [0.15, 0.2) is 17.1 Å². The molecule has 0 aromatic heterocycles. The Morgan fingerprint density at radius 1 is 0.672 bits per heavy atom. The number of rotatable bonds is 20. The highest BCUT2D eigenvalue weighted by Gasteiger charge is 2.33. The van der Waals surface area contributed by atoms with Gasteiger partial charge in [-0.2, -0.15) is 0 Å². The Morgan fingerprint density at radius 2 is 1.14 bits per heavy atom. The molecule has 0 fully saturated rings. The van der Waals surface area contributed by atoms with Crippen molar-refractivity contribution in [3.8, 4) is 34.1 Å². The second-order valence-corrected chi connectivity index (χ2v) is 14.7. The smallest absolute Gasteiger partial charge is 0.338 e. The van der Waals surface area contributed by atoms with Crippen LogP contribution in [0.3, 0.4) is 0 Å². The summed E-state index contributed by atoms with van der Waals surface area (Å²) in [5.41, 5.74) is -1.59. The van der Waals surface area contributed by atoms with E-state index in [2.05, 4.69) is 13.2 Å². The van der Waals surface area contributed by atoms with Crippen LogP contribution in [0.25, 0.3) is 11.1 Å². The number of hydrogen-bond acceptors (Lipinski definition) is 14. The summed E-state index contributed by atoms with van der Waals surface area (Å²) in [4.78, 5) is 50.3. The van der Waals surface area contributed by atoms with E-state index in [1.165, 1.54) is 57.2 Å². The zero-order chi connectivity index (χ0) is 42.6. The van der Waals surface area contributed by atoms with Crippen LogP contribution >= 0.6 is 23.5 Å². The highest BCUT2D eigenvalue weighted by Crippen LogP contribution is 2.38. The number of benzene rings is 4. The largest absolute Gasteiger partial charge is 0.489 e. The van der Waals surface area contributed by atoms with E-state index in [0.717, 1.165) is 9.79 Å². The third-order valence-corrected chi connectivity index (χ3v) is 9.61. The Hall–Kier alpha value is -6.26. The summed E-state index contributed by atoms with van der Waals surface area (Å²) in [7, 11) is 0. The zero-order valence-electron chi connectivity index (χ0n) is 32.7. The molecule has 1 atom stereocenters. The second kappa shape index (κ2) is 20.2. The van der Waals surface area contributed by atoms with E-state index in [0.29, 0.717) is 11.5 Å². The number of nitrogens with zero attached hydrogens (tertiary/aromatic N) is 2. The fraction of sp³-hybridized carbons (Fsp3) is 0.238. The molecule has 14 nitrogen and oxygen atoms in total. The summed E-state index contributed by atoms with van der Waals surface area (Å²) in [5, 5.41) is 24.7. The van der Waals surface area contributed by atoms with Gasteiger partial charge in [-0.05, 0) is 112 Å². The maximum absolute atomic E-state index is 12.6. The predicted molar refractivity (Wildman–Crippen MR) is 222 cm³/mol. The molecule has 304 valence electrons. The van der Waals surface area contributed by atoms with Crippen molar-refractivity contribution in [2.45, 2.75) is 43.1 Å². The lowest BCUT2D eigenvalue weighted by Crippen LogP contribution is -2.43. The third kappa shape index (κ3) is 12.4. The van der Waals surface area contributed by atoms with Gasteiger partial charge in [0.1, 0.15) is 37.1 Å². The third-order valence-electron chi connectivity index (χ3n) is 8.12. The Bertz CT molecular complexity index is 2220. The fourth-order valence-electron chi connectivity index (χ4n) is 4.88. The average molecular weight is 831 g/mol. The summed E-state index contributed by atoms with van der Waals surface area (Å²) in [5.74, 6) is -0.861. The van der Waals surface area contributed by atoms with Crippen LogP contribution < -0.4 is 18.9 Å². The van der Waals surface area contributed by atoms with Crippen molar-refractivity contribution >= 4 is 46.8 Å². The van der Waals surface area contributed by atoms with Gasteiger partial charge in [-0.3, -0.25) is 20.2 Å². The molecule has 0 heterocycles. The van der Waals surface area contributed by atoms with E-state index in [-0.39, 0.29) is 65.1 Å². The van der Waals surface area contributed by atoms with E-state index in [1.807, 2.05) is 36.8 Å². The molecule has 58 heavy (non-hydrogen) atoms. The Morgan fingerprint density at radius 3 is 1.62 bits per heavy atom. The number of allylic oxidation sites excluding steroid dienone is 1. The van der Waals surface area contributed by atoms with Crippen molar-refractivity contribution in [1.82, 2.24) is 0 Å². The molecule has 1 unspecified atom stereocenters. The molecule has 0 aliphatic carbocycles. The van der Waals surface area contributed by atoms with Gasteiger partial charge in [0, 0.05) is 33.1 Å². The number of nitro benzene ring substituents is 2. The Kier molecular flexibility index (Phi) is 15.5. The number of hydrogen-bond donors (Lipinski definition) is 0. The van der Waals surface area contributed by atoms with Crippen LogP contribution in [0.4, 0.5) is 11.4 Å². The lowest BCUT2D eigenvalue weighted by molar-refractivity contribution is -0.386. The van der Waals surface area contributed by atoms with Crippen LogP contribution in [0, 0.1) is 20.2 Å². The molecular weight excluding hydrogens is 789 g/mol. The van der Waals surface area contributed by atoms with Gasteiger partial charge in [-0.1, -0.05) is 25.3 Å². The first kappa shape index (κ1) is 44.5. The quantitative estimate of drug-likeness (QED) is 0.0205. The van der Waals surface area contributed by atoms with Gasteiger partial charge in [-0.15, -0.1) is 23.5 Å². The van der Waals surface area contributed by atoms with Crippen LogP contribution in [-0.4, -0.2) is 59.7 Å². The van der Waals surface area contributed by atoms with Gasteiger partial charge >= 0.3 is 23.3 Å². The van der Waals surface area contributed by atoms with Gasteiger partial charge in [-0.25, -0.2) is 9.59 Å². The van der Waals surface area contributed by atoms with Crippen LogP contribution in [-0.2, 0) is 19.1 Å². The lowest BCUT2D eigenvalue weighted by atomic mass is 10.0. The summed E-state index contributed by atoms with van der Waals surface area (Å²) in [6, 6.07) is 22.5. The van der Waals surface area contributed by atoms with Crippen molar-refractivity contribution in [2.24, 2.45) is 0 Å². The van der Waals surface area contributed by atoms with Gasteiger partial charge in [0.25, 0.3) is 0 Å². The van der Waals surface area contributed by atoms with Crippen molar-refractivity contribution in [3.05, 3.63) is 141 Å². The molecule has 0 radical (unpaired) electrons. The molecule has 0 saturated heterocycles. The SMILES string of the molecule is C=C(C)C(=O)O/C(C)=C(/COc1ccc(SC)cc1)Oc1ccc(-c2ccc(OCC(C)(COc3ccc(SC)cc3)OC(=O)C(=C)C)c([N+](=O)[O-])c2)cc1[N+](=O)[O-]. The molecule has 0 spiro atoms. The summed E-state index contributed by atoms with van der Waals surface area (Å²) in [6.07, 6.45) is 3.87. The van der Waals surface area contributed by atoms with Crippen LogP contribution in [0.15, 0.2) is 131 Å². The molecule has 4 aromatic carbocycles.